The third-order valence-electron chi connectivity index (χ3n) is 4.74. The molecule has 150 valence electrons. The molecule has 0 aliphatic carbocycles. The summed E-state index contributed by atoms with van der Waals surface area (Å²) in [6.07, 6.45) is 3.80. The molecule has 6 nitrogen and oxygen atoms in total. The average molecular weight is 456 g/mol. The molecule has 0 spiro atoms. The summed E-state index contributed by atoms with van der Waals surface area (Å²) in [7, 11) is 3.18. The van der Waals surface area contributed by atoms with E-state index >= 15 is 0 Å². The van der Waals surface area contributed by atoms with E-state index in [0.717, 1.165) is 36.1 Å². The molecule has 1 amide bonds. The Morgan fingerprint density at radius 2 is 1.79 bits per heavy atom. The lowest BCUT2D eigenvalue weighted by Gasteiger charge is -2.22. The number of hydrogen-bond acceptors (Lipinski definition) is 5. The summed E-state index contributed by atoms with van der Waals surface area (Å²) >= 11 is 3.35. The molecule has 2 aromatic rings. The number of nitriles is 1. The van der Waals surface area contributed by atoms with E-state index in [9.17, 15) is 10.1 Å². The van der Waals surface area contributed by atoms with Crippen LogP contribution < -0.4 is 19.7 Å². The normalized spacial score (nSPS) is 13.7. The van der Waals surface area contributed by atoms with E-state index in [4.69, 9.17) is 9.47 Å². The Morgan fingerprint density at radius 3 is 2.38 bits per heavy atom. The monoisotopic (exact) mass is 455 g/mol. The zero-order valence-electron chi connectivity index (χ0n) is 16.4. The standard InChI is InChI=1S/C22H22BrN3O3/c1-28-20-13-19(26-9-3-4-10-26)21(29-2)12-15(20)11-16(14-24)22(27)25-18-7-5-17(23)6-8-18/h5-8,11-13H,3-4,9-10H2,1-2H3,(H,25,27)/b16-11-. The molecule has 2 aromatic carbocycles. The van der Waals surface area contributed by atoms with Crippen LogP contribution in [-0.2, 0) is 4.79 Å². The van der Waals surface area contributed by atoms with Crippen LogP contribution in [0.25, 0.3) is 6.08 Å². The van der Waals surface area contributed by atoms with Gasteiger partial charge in [-0.2, -0.15) is 5.26 Å². The first-order chi connectivity index (χ1) is 14.0. The third kappa shape index (κ3) is 4.90. The molecule has 29 heavy (non-hydrogen) atoms. The van der Waals surface area contributed by atoms with Crippen molar-refractivity contribution in [2.24, 2.45) is 0 Å². The first-order valence-electron chi connectivity index (χ1n) is 9.25. The SMILES string of the molecule is COc1cc(N2CCCC2)c(OC)cc1/C=C(/C#N)C(=O)Nc1ccc(Br)cc1. The van der Waals surface area contributed by atoms with Crippen molar-refractivity contribution >= 4 is 39.3 Å². The second-order valence-corrected chi connectivity index (χ2v) is 7.51. The number of anilines is 2. The van der Waals surface area contributed by atoms with Gasteiger partial charge in [0.2, 0.25) is 0 Å². The van der Waals surface area contributed by atoms with Gasteiger partial charge in [0.1, 0.15) is 23.1 Å². The highest BCUT2D eigenvalue weighted by Crippen LogP contribution is 2.38. The van der Waals surface area contributed by atoms with Crippen LogP contribution in [0.4, 0.5) is 11.4 Å². The highest BCUT2D eigenvalue weighted by molar-refractivity contribution is 9.10. The zero-order chi connectivity index (χ0) is 20.8. The molecule has 0 saturated carbocycles. The van der Waals surface area contributed by atoms with Gasteiger partial charge in [0.15, 0.2) is 0 Å². The Bertz CT molecular complexity index is 959. The van der Waals surface area contributed by atoms with E-state index in [-0.39, 0.29) is 5.57 Å². The number of rotatable bonds is 6. The summed E-state index contributed by atoms with van der Waals surface area (Å²) < 4.78 is 12.0. The lowest BCUT2D eigenvalue weighted by molar-refractivity contribution is -0.112. The Morgan fingerprint density at radius 1 is 1.14 bits per heavy atom. The Balaban J connectivity index is 1.92. The van der Waals surface area contributed by atoms with Gasteiger partial charge in [-0.3, -0.25) is 4.79 Å². The second-order valence-electron chi connectivity index (χ2n) is 6.59. The second kappa shape index (κ2) is 9.48. The first-order valence-corrected chi connectivity index (χ1v) is 10.0. The quantitative estimate of drug-likeness (QED) is 0.508. The molecular formula is C22H22BrN3O3. The largest absolute Gasteiger partial charge is 0.496 e. The predicted octanol–water partition coefficient (Wildman–Crippen LogP) is 4.61. The average Bonchev–Trinajstić information content (AvgIpc) is 3.27. The van der Waals surface area contributed by atoms with Crippen LogP contribution in [0, 0.1) is 11.3 Å². The van der Waals surface area contributed by atoms with E-state index in [2.05, 4.69) is 26.1 Å². The minimum absolute atomic E-state index is 0.0257. The van der Waals surface area contributed by atoms with E-state index in [1.807, 2.05) is 24.3 Å². The van der Waals surface area contributed by atoms with Gasteiger partial charge >= 0.3 is 0 Å². The molecule has 1 saturated heterocycles. The zero-order valence-corrected chi connectivity index (χ0v) is 18.0. The van der Waals surface area contributed by atoms with Crippen molar-refractivity contribution in [1.82, 2.24) is 0 Å². The fourth-order valence-electron chi connectivity index (χ4n) is 3.26. The fraction of sp³-hybridized carbons (Fsp3) is 0.273. The van der Waals surface area contributed by atoms with Crippen molar-refractivity contribution in [3.8, 4) is 17.6 Å². The van der Waals surface area contributed by atoms with Crippen molar-refractivity contribution < 1.29 is 14.3 Å². The number of amides is 1. The van der Waals surface area contributed by atoms with Crippen LogP contribution in [0.1, 0.15) is 18.4 Å². The maximum atomic E-state index is 12.6. The smallest absolute Gasteiger partial charge is 0.266 e. The first kappa shape index (κ1) is 20.7. The molecule has 0 unspecified atom stereocenters. The number of benzene rings is 2. The Kier molecular flexibility index (Phi) is 6.78. The molecule has 3 rings (SSSR count). The summed E-state index contributed by atoms with van der Waals surface area (Å²) in [5.41, 5.74) is 2.14. The van der Waals surface area contributed by atoms with Gasteiger partial charge in [-0.05, 0) is 49.2 Å². The maximum absolute atomic E-state index is 12.6. The molecule has 0 atom stereocenters. The van der Waals surface area contributed by atoms with Crippen molar-refractivity contribution in [1.29, 1.82) is 5.26 Å². The van der Waals surface area contributed by atoms with Crippen molar-refractivity contribution in [3.05, 3.63) is 52.0 Å². The van der Waals surface area contributed by atoms with E-state index in [1.54, 1.807) is 32.4 Å². The van der Waals surface area contributed by atoms with E-state index in [0.29, 0.717) is 22.7 Å². The molecule has 1 aliphatic heterocycles. The molecule has 7 heteroatoms. The van der Waals surface area contributed by atoms with Crippen LogP contribution in [0.5, 0.6) is 11.5 Å². The molecule has 0 radical (unpaired) electrons. The van der Waals surface area contributed by atoms with Crippen LogP contribution in [0.15, 0.2) is 46.4 Å². The molecule has 1 heterocycles. The lowest BCUT2D eigenvalue weighted by Crippen LogP contribution is -2.18. The molecule has 1 aliphatic rings. The van der Waals surface area contributed by atoms with Gasteiger partial charge in [0.25, 0.3) is 5.91 Å². The topological polar surface area (TPSA) is 74.6 Å². The third-order valence-corrected chi connectivity index (χ3v) is 5.27. The number of carbonyl (C=O) groups excluding carboxylic acids is 1. The minimum Gasteiger partial charge on any atom is -0.496 e. The van der Waals surface area contributed by atoms with Crippen LogP contribution >= 0.6 is 15.9 Å². The van der Waals surface area contributed by atoms with Crippen molar-refractivity contribution in [2.45, 2.75) is 12.8 Å². The summed E-state index contributed by atoms with van der Waals surface area (Å²) in [4.78, 5) is 14.8. The summed E-state index contributed by atoms with van der Waals surface area (Å²) in [6.45, 7) is 1.93. The number of nitrogens with zero attached hydrogens (tertiary/aromatic N) is 2. The van der Waals surface area contributed by atoms with Gasteiger partial charge in [0.05, 0.1) is 19.9 Å². The van der Waals surface area contributed by atoms with E-state index < -0.39 is 5.91 Å². The molecular weight excluding hydrogens is 434 g/mol. The lowest BCUT2D eigenvalue weighted by atomic mass is 10.1. The number of methoxy groups -OCH3 is 2. The summed E-state index contributed by atoms with van der Waals surface area (Å²) in [6, 6.07) is 12.8. The predicted molar refractivity (Wildman–Crippen MR) is 117 cm³/mol. The molecule has 0 aromatic heterocycles. The van der Waals surface area contributed by atoms with Crippen molar-refractivity contribution in [3.63, 3.8) is 0 Å². The van der Waals surface area contributed by atoms with Gasteiger partial charge < -0.3 is 19.7 Å². The number of nitrogens with one attached hydrogen (secondary N) is 1. The van der Waals surface area contributed by atoms with Crippen LogP contribution in [0.3, 0.4) is 0 Å². The molecule has 1 N–H and O–H groups in total. The van der Waals surface area contributed by atoms with Gasteiger partial charge in [-0.1, -0.05) is 15.9 Å². The summed E-state index contributed by atoms with van der Waals surface area (Å²) in [5.74, 6) is 0.779. The molecule has 1 fully saturated rings. The molecule has 0 bridgehead atoms. The fourth-order valence-corrected chi connectivity index (χ4v) is 3.52. The number of hydrogen-bond donors (Lipinski definition) is 1. The van der Waals surface area contributed by atoms with Crippen LogP contribution in [0.2, 0.25) is 0 Å². The Hall–Kier alpha value is -2.98. The number of carbonyl (C=O) groups is 1. The number of ether oxygens (including phenoxy) is 2. The summed E-state index contributed by atoms with van der Waals surface area (Å²) in [5, 5.41) is 12.3. The van der Waals surface area contributed by atoms with Gasteiger partial charge in [-0.25, -0.2) is 0 Å². The maximum Gasteiger partial charge on any atom is 0.266 e. The highest BCUT2D eigenvalue weighted by atomic mass is 79.9. The Labute approximate surface area is 178 Å². The number of halogens is 1. The van der Waals surface area contributed by atoms with E-state index in [1.165, 1.54) is 6.08 Å². The minimum atomic E-state index is -0.487. The van der Waals surface area contributed by atoms with Crippen LogP contribution in [-0.4, -0.2) is 33.2 Å². The van der Waals surface area contributed by atoms with Gasteiger partial charge in [-0.15, -0.1) is 0 Å². The highest BCUT2D eigenvalue weighted by Gasteiger charge is 2.20. The van der Waals surface area contributed by atoms with Gasteiger partial charge in [0, 0.05) is 34.9 Å². The van der Waals surface area contributed by atoms with Crippen molar-refractivity contribution in [2.75, 3.05) is 37.5 Å².